The number of amides is 2. The summed E-state index contributed by atoms with van der Waals surface area (Å²) in [4.78, 5) is 28.6. The zero-order valence-electron chi connectivity index (χ0n) is 30.2. The molecule has 6 N–H and O–H groups in total. The molecule has 2 heterocycles. The van der Waals surface area contributed by atoms with Gasteiger partial charge in [-0.1, -0.05) is 79.8 Å². The molecule has 282 valence electrons. The van der Waals surface area contributed by atoms with Crippen LogP contribution in [-0.2, 0) is 32.0 Å². The first-order chi connectivity index (χ1) is 24.8. The van der Waals surface area contributed by atoms with Crippen LogP contribution < -0.4 is 15.2 Å². The van der Waals surface area contributed by atoms with Gasteiger partial charge in [-0.3, -0.25) is 9.59 Å². The molecule has 2 aliphatic rings. The minimum absolute atomic E-state index is 0.0645. The first kappa shape index (κ1) is 39.5. The normalized spacial score (nSPS) is 27.6. The third-order valence-corrected chi connectivity index (χ3v) is 15.0. The quantitative estimate of drug-likeness (QED) is 0.135. The number of aliphatic hydroxyl groups is 5. The Morgan fingerprint density at radius 2 is 1.56 bits per heavy atom. The maximum atomic E-state index is 13.9. The first-order valence-corrected chi connectivity index (χ1v) is 20.9. The summed E-state index contributed by atoms with van der Waals surface area (Å²) in [6, 6.07) is 25.2. The zero-order valence-corrected chi connectivity index (χ0v) is 31.2. The number of carbonyl (C=O) groups is 2. The molecule has 0 radical (unpaired) electrons. The number of benzene rings is 3. The van der Waals surface area contributed by atoms with Gasteiger partial charge in [0.2, 0.25) is 5.91 Å². The maximum absolute atomic E-state index is 13.9. The Kier molecular flexibility index (Phi) is 13.3. The molecular weight excluding hydrogens is 685 g/mol. The highest BCUT2D eigenvalue weighted by molar-refractivity contribution is 6.91. The highest BCUT2D eigenvalue weighted by Gasteiger charge is 2.51. The molecule has 2 aliphatic heterocycles. The second-order valence-corrected chi connectivity index (χ2v) is 19.1. The van der Waals surface area contributed by atoms with E-state index < -0.39 is 44.7 Å². The molecule has 0 aromatic heterocycles. The van der Waals surface area contributed by atoms with E-state index in [2.05, 4.69) is 37.5 Å². The maximum Gasteiger partial charge on any atom is 0.256 e. The van der Waals surface area contributed by atoms with Crippen molar-refractivity contribution in [1.29, 1.82) is 0 Å². The molecule has 9 atom stereocenters. The molecule has 2 saturated heterocycles. The Morgan fingerprint density at radius 3 is 2.23 bits per heavy atom. The minimum atomic E-state index is -2.25. The summed E-state index contributed by atoms with van der Waals surface area (Å²) >= 11 is 0. The van der Waals surface area contributed by atoms with E-state index in [1.165, 1.54) is 5.19 Å². The third kappa shape index (κ3) is 9.09. The summed E-state index contributed by atoms with van der Waals surface area (Å²) in [6.45, 7) is 7.35. The van der Waals surface area contributed by atoms with Crippen LogP contribution in [0, 0.1) is 5.92 Å². The highest BCUT2D eigenvalue weighted by atomic mass is 28.3. The number of nitrogens with one attached hydrogen (secondary N) is 1. The molecule has 3 aromatic carbocycles. The molecule has 5 rings (SSSR count). The van der Waals surface area contributed by atoms with Crippen LogP contribution in [0.4, 0.5) is 5.69 Å². The lowest BCUT2D eigenvalue weighted by atomic mass is 9.95. The van der Waals surface area contributed by atoms with Gasteiger partial charge in [0.05, 0.1) is 40.4 Å². The van der Waals surface area contributed by atoms with Gasteiger partial charge in [-0.25, -0.2) is 0 Å². The Morgan fingerprint density at radius 1 is 0.865 bits per heavy atom. The number of ether oxygens (including phenoxy) is 3. The van der Waals surface area contributed by atoms with Gasteiger partial charge >= 0.3 is 0 Å². The second-order valence-electron chi connectivity index (χ2n) is 14.4. The monoisotopic (exact) mass is 736 g/mol. The first-order valence-electron chi connectivity index (χ1n) is 17.8. The average molecular weight is 737 g/mol. The predicted molar refractivity (Wildman–Crippen MR) is 198 cm³/mol. The predicted octanol–water partition coefficient (Wildman–Crippen LogP) is 2.17. The number of rotatable bonds is 14. The lowest BCUT2D eigenvalue weighted by molar-refractivity contribution is -0.274. The van der Waals surface area contributed by atoms with Gasteiger partial charge in [-0.2, -0.15) is 0 Å². The Labute approximate surface area is 306 Å². The van der Waals surface area contributed by atoms with E-state index in [-0.39, 0.29) is 49.1 Å². The highest BCUT2D eigenvalue weighted by Crippen LogP contribution is 2.46. The number of aliphatic hydroxyl groups excluding tert-OH is 5. The fourth-order valence-corrected chi connectivity index (χ4v) is 11.8. The van der Waals surface area contributed by atoms with Crippen molar-refractivity contribution in [3.8, 4) is 5.75 Å². The standard InChI is InChI=1S/C39H52N2O10Si/c1-24-30(18-13-25-11-8-12-27(21-25)40-38(47)36-34(45)33(44)35(46)39(48)51-36)50-31(37(24)52(3,4)29-16-14-28(49-2)15-17-29)22-32(43)41(19-20-42)23-26-9-6-5-7-10-26/h5-12,14-17,21,24,30-31,33-37,39,42,44-46,48H,13,18-20,22-23H2,1-4H3,(H,40,47)/t24-,30+,31-,33+,34+,35-,36+,37+,39-/m1/s1. The van der Waals surface area contributed by atoms with Crippen molar-refractivity contribution in [3.63, 3.8) is 0 Å². The number of nitrogens with zero attached hydrogens (tertiary/aromatic N) is 1. The third-order valence-electron chi connectivity index (χ3n) is 10.6. The van der Waals surface area contributed by atoms with Crippen LogP contribution in [0.2, 0.25) is 18.6 Å². The van der Waals surface area contributed by atoms with E-state index in [1.54, 1.807) is 30.2 Å². The van der Waals surface area contributed by atoms with Crippen molar-refractivity contribution in [2.24, 2.45) is 5.92 Å². The van der Waals surface area contributed by atoms with Crippen molar-refractivity contribution in [2.45, 2.75) is 94.3 Å². The molecule has 2 fully saturated rings. The fraction of sp³-hybridized carbons (Fsp3) is 0.487. The molecule has 0 unspecified atom stereocenters. The van der Waals surface area contributed by atoms with E-state index in [0.717, 1.165) is 16.9 Å². The SMILES string of the molecule is COc1ccc([Si](C)(C)[C@H]2[C@H](C)[C@H](CCc3cccc(NC(=O)[C@H]4O[C@@H](O)[C@H](O)[C@@H](O)[C@@H]4O)c3)O[C@@H]2CC(=O)N(CCO)Cc2ccccc2)cc1. The van der Waals surface area contributed by atoms with Gasteiger partial charge in [-0.15, -0.1) is 0 Å². The lowest BCUT2D eigenvalue weighted by Crippen LogP contribution is -2.60. The Bertz CT molecular complexity index is 1630. The van der Waals surface area contributed by atoms with Gasteiger partial charge < -0.3 is 50.0 Å². The molecular formula is C39H52N2O10Si. The van der Waals surface area contributed by atoms with Crippen LogP contribution in [0.5, 0.6) is 5.75 Å². The van der Waals surface area contributed by atoms with Crippen molar-refractivity contribution in [2.75, 3.05) is 25.6 Å². The fourth-order valence-electron chi connectivity index (χ4n) is 7.77. The number of hydrogen-bond donors (Lipinski definition) is 6. The molecule has 3 aromatic rings. The van der Waals surface area contributed by atoms with Crippen LogP contribution in [0.1, 0.15) is 30.9 Å². The number of methoxy groups -OCH3 is 1. The van der Waals surface area contributed by atoms with Crippen LogP contribution in [0.3, 0.4) is 0 Å². The van der Waals surface area contributed by atoms with Crippen molar-refractivity contribution >= 4 is 30.8 Å². The smallest absolute Gasteiger partial charge is 0.256 e. The summed E-state index contributed by atoms with van der Waals surface area (Å²) in [5, 5.41) is 53.6. The lowest BCUT2D eigenvalue weighted by Gasteiger charge is -2.37. The average Bonchev–Trinajstić information content (AvgIpc) is 3.46. The molecule has 2 amide bonds. The summed E-state index contributed by atoms with van der Waals surface area (Å²) in [6.07, 6.45) is -7.61. The molecule has 0 spiro atoms. The minimum Gasteiger partial charge on any atom is -0.497 e. The molecule has 0 bridgehead atoms. The number of hydrogen-bond acceptors (Lipinski definition) is 10. The van der Waals surface area contributed by atoms with Gasteiger partial charge in [0, 0.05) is 18.8 Å². The molecule has 0 saturated carbocycles. The summed E-state index contributed by atoms with van der Waals surface area (Å²) in [7, 11) is -0.603. The Hall–Kier alpha value is -3.66. The van der Waals surface area contributed by atoms with Crippen molar-refractivity contribution in [3.05, 3.63) is 90.0 Å². The number of aryl methyl sites for hydroxylation is 1. The van der Waals surface area contributed by atoms with E-state index in [1.807, 2.05) is 48.5 Å². The van der Waals surface area contributed by atoms with Crippen molar-refractivity contribution < 1.29 is 49.3 Å². The van der Waals surface area contributed by atoms with Gasteiger partial charge in [0.25, 0.3) is 5.91 Å². The topological polar surface area (TPSA) is 178 Å². The zero-order chi connectivity index (χ0) is 37.6. The molecule has 0 aliphatic carbocycles. The summed E-state index contributed by atoms with van der Waals surface area (Å²) in [5.74, 6) is 0.0728. The largest absolute Gasteiger partial charge is 0.497 e. The van der Waals surface area contributed by atoms with Crippen LogP contribution in [-0.4, -0.2) is 113 Å². The molecule has 12 nitrogen and oxygen atoms in total. The van der Waals surface area contributed by atoms with E-state index >= 15 is 0 Å². The van der Waals surface area contributed by atoms with Crippen molar-refractivity contribution in [1.82, 2.24) is 4.90 Å². The van der Waals surface area contributed by atoms with E-state index in [4.69, 9.17) is 14.2 Å². The van der Waals surface area contributed by atoms with Gasteiger partial charge in [0.15, 0.2) is 12.4 Å². The van der Waals surface area contributed by atoms with E-state index in [9.17, 15) is 35.1 Å². The van der Waals surface area contributed by atoms with Crippen LogP contribution >= 0.6 is 0 Å². The van der Waals surface area contributed by atoms with Gasteiger partial charge in [-0.05, 0) is 59.7 Å². The molecule has 52 heavy (non-hydrogen) atoms. The number of anilines is 1. The number of carbonyl (C=O) groups excluding carboxylic acids is 2. The Balaban J connectivity index is 1.31. The molecule has 13 heteroatoms. The summed E-state index contributed by atoms with van der Waals surface area (Å²) < 4.78 is 17.3. The second kappa shape index (κ2) is 17.4. The van der Waals surface area contributed by atoms with E-state index in [0.29, 0.717) is 25.1 Å². The van der Waals surface area contributed by atoms with Gasteiger partial charge in [0.1, 0.15) is 24.1 Å². The van der Waals surface area contributed by atoms with Crippen LogP contribution in [0.15, 0.2) is 78.9 Å². The van der Waals surface area contributed by atoms with Crippen LogP contribution in [0.25, 0.3) is 0 Å². The summed E-state index contributed by atoms with van der Waals surface area (Å²) in [5.41, 5.74) is 2.46.